The predicted octanol–water partition coefficient (Wildman–Crippen LogP) is 0.980. The fourth-order valence-corrected chi connectivity index (χ4v) is 2.72. The van der Waals surface area contributed by atoms with Gasteiger partial charge in [-0.05, 0) is 18.1 Å². The normalized spacial score (nSPS) is 17.8. The number of nitrogens with zero attached hydrogens (tertiary/aromatic N) is 1. The summed E-state index contributed by atoms with van der Waals surface area (Å²) >= 11 is 0. The number of rotatable bonds is 3. The minimum Gasteiger partial charge on any atom is -0.496 e. The van der Waals surface area contributed by atoms with Crippen molar-refractivity contribution in [3.05, 3.63) is 47.0 Å². The topological polar surface area (TPSA) is 87.2 Å². The number of aliphatic hydroxyl groups is 1. The van der Waals surface area contributed by atoms with Crippen LogP contribution in [0.5, 0.6) is 5.75 Å². The van der Waals surface area contributed by atoms with Gasteiger partial charge in [0.25, 0.3) is 5.91 Å². The molecular weight excluding hydrogens is 270 g/mol. The maximum Gasteiger partial charge on any atom is 0.271 e. The van der Waals surface area contributed by atoms with Crippen molar-refractivity contribution in [2.75, 3.05) is 13.7 Å². The molecule has 3 rings (SSSR count). The summed E-state index contributed by atoms with van der Waals surface area (Å²) in [5.41, 5.74) is 2.18. The molecule has 1 atom stereocenters. The first kappa shape index (κ1) is 13.6. The summed E-state index contributed by atoms with van der Waals surface area (Å²) < 4.78 is 5.40. The smallest absolute Gasteiger partial charge is 0.271 e. The maximum absolute atomic E-state index is 12.1. The molecule has 1 aromatic carbocycles. The summed E-state index contributed by atoms with van der Waals surface area (Å²) in [5, 5.41) is 12.0. The molecule has 2 aromatic rings. The van der Waals surface area contributed by atoms with Gasteiger partial charge in [-0.15, -0.1) is 0 Å². The number of carbonyl (C=O) groups is 1. The minimum absolute atomic E-state index is 0.0957. The molecule has 0 saturated carbocycles. The Morgan fingerprint density at radius 1 is 1.43 bits per heavy atom. The average Bonchev–Trinajstić information content (AvgIpc) is 2.87. The van der Waals surface area contributed by atoms with Gasteiger partial charge in [-0.1, -0.05) is 18.2 Å². The Kier molecular flexibility index (Phi) is 3.62. The van der Waals surface area contributed by atoms with Crippen molar-refractivity contribution in [1.82, 2.24) is 15.3 Å². The number of aliphatic hydroxyl groups excluding tert-OH is 1. The number of amides is 1. The second kappa shape index (κ2) is 5.57. The molecule has 110 valence electrons. The number of nitrogens with one attached hydrogen (secondary N) is 2. The van der Waals surface area contributed by atoms with Crippen LogP contribution in [0.15, 0.2) is 24.3 Å². The highest BCUT2D eigenvalue weighted by Gasteiger charge is 2.27. The van der Waals surface area contributed by atoms with Crippen molar-refractivity contribution in [2.45, 2.75) is 18.9 Å². The van der Waals surface area contributed by atoms with Crippen LogP contribution in [0.2, 0.25) is 0 Å². The summed E-state index contributed by atoms with van der Waals surface area (Å²) in [6, 6.07) is 7.79. The molecule has 1 aliphatic heterocycles. The van der Waals surface area contributed by atoms with Crippen LogP contribution >= 0.6 is 0 Å². The quantitative estimate of drug-likeness (QED) is 0.785. The number of imidazole rings is 1. The van der Waals surface area contributed by atoms with Gasteiger partial charge in [-0.3, -0.25) is 4.79 Å². The lowest BCUT2D eigenvalue weighted by Gasteiger charge is -2.17. The van der Waals surface area contributed by atoms with E-state index in [0.717, 1.165) is 17.0 Å². The fourth-order valence-electron chi connectivity index (χ4n) is 2.72. The Morgan fingerprint density at radius 2 is 2.24 bits per heavy atom. The number of para-hydroxylation sites is 1. The number of H-pyrrole nitrogens is 1. The molecule has 0 saturated heterocycles. The van der Waals surface area contributed by atoms with Gasteiger partial charge in [0.2, 0.25) is 0 Å². The zero-order valence-corrected chi connectivity index (χ0v) is 11.7. The highest BCUT2D eigenvalue weighted by Crippen LogP contribution is 2.30. The lowest BCUT2D eigenvalue weighted by Crippen LogP contribution is -2.26. The van der Waals surface area contributed by atoms with Gasteiger partial charge in [0, 0.05) is 18.2 Å². The van der Waals surface area contributed by atoms with Crippen LogP contribution in [0.1, 0.15) is 33.5 Å². The Hall–Kier alpha value is -2.34. The molecule has 6 heteroatoms. The SMILES string of the molecule is COc1ccccc1[C@@H]1CNC(=O)c2nc(CO)[nH]c2C1. The zero-order valence-electron chi connectivity index (χ0n) is 11.7. The first-order valence-electron chi connectivity index (χ1n) is 6.82. The Labute approximate surface area is 122 Å². The summed E-state index contributed by atoms with van der Waals surface area (Å²) in [6.45, 7) is 0.317. The van der Waals surface area contributed by atoms with Crippen molar-refractivity contribution in [3.8, 4) is 5.75 Å². The maximum atomic E-state index is 12.1. The van der Waals surface area contributed by atoms with Crippen LogP contribution in [0.4, 0.5) is 0 Å². The van der Waals surface area contributed by atoms with Crippen molar-refractivity contribution < 1.29 is 14.6 Å². The molecule has 1 aliphatic rings. The van der Waals surface area contributed by atoms with Gasteiger partial charge < -0.3 is 20.1 Å². The molecule has 0 fully saturated rings. The number of fused-ring (bicyclic) bond motifs is 1. The zero-order chi connectivity index (χ0) is 14.8. The summed E-state index contributed by atoms with van der Waals surface area (Å²) in [7, 11) is 1.64. The molecule has 6 nitrogen and oxygen atoms in total. The highest BCUT2D eigenvalue weighted by atomic mass is 16.5. The standard InChI is InChI=1S/C15H17N3O3/c1-21-12-5-3-2-4-10(12)9-6-11-14(15(20)16-7-9)18-13(8-19)17-11/h2-5,9,19H,6-8H2,1H3,(H,16,20)(H,17,18)/t9-/m0/s1. The van der Waals surface area contributed by atoms with Gasteiger partial charge in [0.15, 0.2) is 0 Å². The largest absolute Gasteiger partial charge is 0.496 e. The lowest BCUT2D eigenvalue weighted by molar-refractivity contribution is 0.0950. The highest BCUT2D eigenvalue weighted by molar-refractivity contribution is 5.94. The average molecular weight is 287 g/mol. The molecule has 0 unspecified atom stereocenters. The predicted molar refractivity (Wildman–Crippen MR) is 76.3 cm³/mol. The van der Waals surface area contributed by atoms with Crippen molar-refractivity contribution in [2.24, 2.45) is 0 Å². The van der Waals surface area contributed by atoms with Crippen molar-refractivity contribution in [3.63, 3.8) is 0 Å². The number of benzene rings is 1. The van der Waals surface area contributed by atoms with Crippen molar-refractivity contribution in [1.29, 1.82) is 0 Å². The summed E-state index contributed by atoms with van der Waals surface area (Å²) in [5.74, 6) is 1.11. The molecule has 1 aromatic heterocycles. The number of ether oxygens (including phenoxy) is 1. The molecule has 1 amide bonds. The van der Waals surface area contributed by atoms with Crippen LogP contribution in [0, 0.1) is 0 Å². The number of aromatic amines is 1. The molecule has 3 N–H and O–H groups in total. The summed E-state index contributed by atoms with van der Waals surface area (Å²) in [6.07, 6.45) is 0.640. The second-order valence-corrected chi connectivity index (χ2v) is 5.02. The van der Waals surface area contributed by atoms with E-state index in [2.05, 4.69) is 15.3 Å². The molecule has 0 spiro atoms. The number of methoxy groups -OCH3 is 1. The van der Waals surface area contributed by atoms with Crippen molar-refractivity contribution >= 4 is 5.91 Å². The van der Waals surface area contributed by atoms with E-state index in [-0.39, 0.29) is 18.4 Å². The first-order valence-corrected chi connectivity index (χ1v) is 6.82. The van der Waals surface area contributed by atoms with Crippen LogP contribution in [0.3, 0.4) is 0 Å². The van der Waals surface area contributed by atoms with E-state index in [9.17, 15) is 4.79 Å². The Balaban J connectivity index is 1.97. The lowest BCUT2D eigenvalue weighted by atomic mass is 9.93. The second-order valence-electron chi connectivity index (χ2n) is 5.02. The van der Waals surface area contributed by atoms with E-state index in [1.165, 1.54) is 0 Å². The van der Waals surface area contributed by atoms with Crippen LogP contribution in [-0.4, -0.2) is 34.6 Å². The van der Waals surface area contributed by atoms with E-state index in [0.29, 0.717) is 24.5 Å². The minimum atomic E-state index is -0.210. The third kappa shape index (κ3) is 2.50. The Bertz CT molecular complexity index is 666. The van der Waals surface area contributed by atoms with E-state index < -0.39 is 0 Å². The van der Waals surface area contributed by atoms with Gasteiger partial charge in [0.05, 0.1) is 7.11 Å². The van der Waals surface area contributed by atoms with E-state index in [4.69, 9.17) is 9.84 Å². The molecule has 0 bridgehead atoms. The van der Waals surface area contributed by atoms with Crippen LogP contribution in [-0.2, 0) is 13.0 Å². The molecule has 21 heavy (non-hydrogen) atoms. The van der Waals surface area contributed by atoms with Gasteiger partial charge in [0.1, 0.15) is 23.9 Å². The number of hydrogen-bond donors (Lipinski definition) is 3. The molecule has 2 heterocycles. The molecular formula is C15H17N3O3. The van der Waals surface area contributed by atoms with E-state index in [1.54, 1.807) is 7.11 Å². The monoisotopic (exact) mass is 287 g/mol. The number of carbonyl (C=O) groups excluding carboxylic acids is 1. The number of aromatic nitrogens is 2. The molecule has 0 aliphatic carbocycles. The van der Waals surface area contributed by atoms with E-state index in [1.807, 2.05) is 24.3 Å². The Morgan fingerprint density at radius 3 is 3.00 bits per heavy atom. The summed E-state index contributed by atoms with van der Waals surface area (Å²) in [4.78, 5) is 19.2. The van der Waals surface area contributed by atoms with Crippen LogP contribution < -0.4 is 10.1 Å². The van der Waals surface area contributed by atoms with Gasteiger partial charge in [-0.2, -0.15) is 0 Å². The third-order valence-electron chi connectivity index (χ3n) is 3.73. The fraction of sp³-hybridized carbons (Fsp3) is 0.333. The van der Waals surface area contributed by atoms with Crippen LogP contribution in [0.25, 0.3) is 0 Å². The van der Waals surface area contributed by atoms with E-state index >= 15 is 0 Å². The van der Waals surface area contributed by atoms with Gasteiger partial charge >= 0.3 is 0 Å². The molecule has 0 radical (unpaired) electrons. The first-order chi connectivity index (χ1) is 10.2. The third-order valence-corrected chi connectivity index (χ3v) is 3.73. The number of hydrogen-bond acceptors (Lipinski definition) is 4. The van der Waals surface area contributed by atoms with Gasteiger partial charge in [-0.25, -0.2) is 4.98 Å².